The molecule has 3 heterocycles. The summed E-state index contributed by atoms with van der Waals surface area (Å²) in [6, 6.07) is 6.95. The van der Waals surface area contributed by atoms with E-state index in [1.54, 1.807) is 7.11 Å². The summed E-state index contributed by atoms with van der Waals surface area (Å²) in [7, 11) is 1.62. The summed E-state index contributed by atoms with van der Waals surface area (Å²) in [6.07, 6.45) is 2.22. The maximum absolute atomic E-state index is 13.1. The lowest BCUT2D eigenvalue weighted by atomic mass is 9.95. The van der Waals surface area contributed by atoms with Crippen LogP contribution in [0.3, 0.4) is 0 Å². The monoisotopic (exact) mass is 350 g/mol. The Balaban J connectivity index is 1.56. The van der Waals surface area contributed by atoms with Crippen LogP contribution in [0.5, 0.6) is 0 Å². The Bertz CT molecular complexity index is 566. The zero-order chi connectivity index (χ0) is 17.6. The Labute approximate surface area is 148 Å². The van der Waals surface area contributed by atoms with Crippen LogP contribution in [-0.2, 0) is 20.8 Å². The number of methoxy groups -OCH3 is 1. The molecule has 0 unspecified atom stereocenters. The average molecular weight is 350 g/mol. The largest absolute Gasteiger partial charge is 0.382 e. The van der Waals surface area contributed by atoms with E-state index in [2.05, 4.69) is 4.90 Å². The van der Waals surface area contributed by atoms with Gasteiger partial charge in [0.05, 0.1) is 13.2 Å². The van der Waals surface area contributed by atoms with E-state index >= 15 is 0 Å². The molecule has 1 amide bonds. The lowest BCUT2D eigenvalue weighted by Gasteiger charge is -2.36. The molecule has 2 atom stereocenters. The van der Waals surface area contributed by atoms with Crippen molar-refractivity contribution in [1.29, 1.82) is 0 Å². The van der Waals surface area contributed by atoms with Gasteiger partial charge in [-0.05, 0) is 36.5 Å². The van der Waals surface area contributed by atoms with Crippen LogP contribution in [0.25, 0.3) is 0 Å². The van der Waals surface area contributed by atoms with Crippen LogP contribution in [0.1, 0.15) is 18.4 Å². The average Bonchev–Trinajstić information content (AvgIpc) is 2.91. The zero-order valence-corrected chi connectivity index (χ0v) is 14.8. The second-order valence-electron chi connectivity index (χ2n) is 7.01. The van der Waals surface area contributed by atoms with Crippen molar-refractivity contribution in [3.63, 3.8) is 0 Å². The summed E-state index contributed by atoms with van der Waals surface area (Å²) in [5.74, 6) is 0.376. The quantitative estimate of drug-likeness (QED) is 0.705. The number of fused-ring (bicyclic) bond motifs is 4. The maximum atomic E-state index is 13.1. The highest BCUT2D eigenvalue weighted by Gasteiger charge is 2.36. The molecule has 0 N–H and O–H groups in total. The molecule has 3 saturated heterocycles. The number of ether oxygens (including phenoxy) is 2. The van der Waals surface area contributed by atoms with Gasteiger partial charge in [0.1, 0.15) is 12.4 Å². The lowest BCUT2D eigenvalue weighted by Crippen LogP contribution is -2.48. The highest BCUT2D eigenvalue weighted by Crippen LogP contribution is 2.29. The molecule has 3 aliphatic rings. The third-order valence-electron chi connectivity index (χ3n) is 5.09. The number of rotatable bonds is 7. The molecule has 0 spiro atoms. The van der Waals surface area contributed by atoms with Crippen molar-refractivity contribution in [2.45, 2.75) is 25.4 Å². The van der Waals surface area contributed by atoms with E-state index in [9.17, 15) is 9.18 Å². The summed E-state index contributed by atoms with van der Waals surface area (Å²) < 4.78 is 23.4. The second-order valence-corrected chi connectivity index (χ2v) is 7.01. The number of amides is 1. The Morgan fingerprint density at radius 2 is 1.96 bits per heavy atom. The Kier molecular flexibility index (Phi) is 6.39. The number of halogens is 1. The first-order valence-corrected chi connectivity index (χ1v) is 8.98. The lowest BCUT2D eigenvalue weighted by molar-refractivity contribution is -0.140. The molecule has 1 aromatic rings. The van der Waals surface area contributed by atoms with Crippen LogP contribution in [-0.4, -0.2) is 68.3 Å². The van der Waals surface area contributed by atoms with E-state index in [0.29, 0.717) is 19.1 Å². The van der Waals surface area contributed by atoms with Crippen molar-refractivity contribution in [3.8, 4) is 0 Å². The summed E-state index contributed by atoms with van der Waals surface area (Å²) in [4.78, 5) is 16.9. The molecule has 2 bridgehead atoms. The highest BCUT2D eigenvalue weighted by molar-refractivity contribution is 5.78. The number of carbonyl (C=O) groups excluding carboxylic acids is 1. The first-order valence-electron chi connectivity index (χ1n) is 8.98. The molecule has 0 aromatic heterocycles. The van der Waals surface area contributed by atoms with Crippen molar-refractivity contribution < 1.29 is 18.7 Å². The molecule has 4 rings (SSSR count). The minimum absolute atomic E-state index is 0.0782. The number of nitrogens with zero attached hydrogens (tertiary/aromatic N) is 2. The molecular weight excluding hydrogens is 323 g/mol. The molecule has 138 valence electrons. The molecule has 0 aliphatic carbocycles. The number of piperidine rings is 1. The first-order chi connectivity index (χ1) is 12.2. The summed E-state index contributed by atoms with van der Waals surface area (Å²) in [5.41, 5.74) is 1.11. The van der Waals surface area contributed by atoms with Crippen LogP contribution < -0.4 is 0 Å². The third-order valence-corrected chi connectivity index (χ3v) is 5.09. The van der Waals surface area contributed by atoms with E-state index in [0.717, 1.165) is 38.2 Å². The molecule has 5 nitrogen and oxygen atoms in total. The number of benzene rings is 1. The Morgan fingerprint density at radius 3 is 2.72 bits per heavy atom. The standard InChI is InChI=1S/C19H27FN2O3/c1-24-8-9-25-14-19(23)22-12-16-4-7-18(22)13-21(11-16)10-15-2-5-17(20)6-3-15/h2-3,5-6,16,18H,4,7-14H2,1H3/t16-,18+/m0/s1. The van der Waals surface area contributed by atoms with Crippen molar-refractivity contribution in [3.05, 3.63) is 35.6 Å². The summed E-state index contributed by atoms with van der Waals surface area (Å²) in [6.45, 7) is 4.56. The molecule has 6 heteroatoms. The van der Waals surface area contributed by atoms with Crippen LogP contribution in [0.15, 0.2) is 24.3 Å². The summed E-state index contributed by atoms with van der Waals surface area (Å²) >= 11 is 0. The molecule has 0 saturated carbocycles. The van der Waals surface area contributed by atoms with Gasteiger partial charge < -0.3 is 14.4 Å². The molecule has 0 radical (unpaired) electrons. The molecular formula is C19H27FN2O3. The first kappa shape index (κ1) is 18.3. The fraction of sp³-hybridized carbons (Fsp3) is 0.632. The van der Waals surface area contributed by atoms with Crippen LogP contribution in [0.4, 0.5) is 4.39 Å². The minimum Gasteiger partial charge on any atom is -0.382 e. The number of hydrogen-bond acceptors (Lipinski definition) is 4. The van der Waals surface area contributed by atoms with Gasteiger partial charge in [0.25, 0.3) is 0 Å². The van der Waals surface area contributed by atoms with Crippen molar-refractivity contribution in [1.82, 2.24) is 9.80 Å². The Hall–Kier alpha value is -1.50. The number of hydrogen-bond donors (Lipinski definition) is 0. The maximum Gasteiger partial charge on any atom is 0.248 e. The van der Waals surface area contributed by atoms with E-state index < -0.39 is 0 Å². The van der Waals surface area contributed by atoms with Gasteiger partial charge in [0, 0.05) is 39.3 Å². The van der Waals surface area contributed by atoms with Gasteiger partial charge in [0.2, 0.25) is 5.91 Å². The van der Waals surface area contributed by atoms with Crippen LogP contribution in [0.2, 0.25) is 0 Å². The van der Waals surface area contributed by atoms with Gasteiger partial charge in [-0.3, -0.25) is 9.69 Å². The van der Waals surface area contributed by atoms with E-state index in [-0.39, 0.29) is 24.4 Å². The van der Waals surface area contributed by atoms with Gasteiger partial charge in [-0.25, -0.2) is 4.39 Å². The Morgan fingerprint density at radius 1 is 1.16 bits per heavy atom. The van der Waals surface area contributed by atoms with Gasteiger partial charge in [-0.2, -0.15) is 0 Å². The van der Waals surface area contributed by atoms with Crippen molar-refractivity contribution in [2.75, 3.05) is 46.6 Å². The SMILES string of the molecule is COCCOCC(=O)N1C[C@H]2CC[C@@H]1CN(Cc1ccc(F)cc1)C2. The highest BCUT2D eigenvalue weighted by atomic mass is 19.1. The zero-order valence-electron chi connectivity index (χ0n) is 14.8. The fourth-order valence-electron chi connectivity index (χ4n) is 3.85. The van der Waals surface area contributed by atoms with E-state index in [4.69, 9.17) is 9.47 Å². The van der Waals surface area contributed by atoms with Gasteiger partial charge in [-0.15, -0.1) is 0 Å². The smallest absolute Gasteiger partial charge is 0.248 e. The van der Waals surface area contributed by atoms with E-state index in [1.807, 2.05) is 17.0 Å². The van der Waals surface area contributed by atoms with Gasteiger partial charge in [-0.1, -0.05) is 12.1 Å². The van der Waals surface area contributed by atoms with Crippen LogP contribution >= 0.6 is 0 Å². The minimum atomic E-state index is -0.204. The van der Waals surface area contributed by atoms with Crippen LogP contribution in [0, 0.1) is 11.7 Å². The predicted octanol–water partition coefficient (Wildman–Crippen LogP) is 1.91. The fourth-order valence-corrected chi connectivity index (χ4v) is 3.85. The van der Waals surface area contributed by atoms with Gasteiger partial charge in [0.15, 0.2) is 0 Å². The van der Waals surface area contributed by atoms with E-state index in [1.165, 1.54) is 18.6 Å². The molecule has 1 aromatic carbocycles. The third kappa shape index (κ3) is 5.00. The van der Waals surface area contributed by atoms with Gasteiger partial charge >= 0.3 is 0 Å². The molecule has 25 heavy (non-hydrogen) atoms. The van der Waals surface area contributed by atoms with Crippen molar-refractivity contribution >= 4 is 5.91 Å². The second kappa shape index (κ2) is 8.74. The molecule has 3 aliphatic heterocycles. The number of carbonyl (C=O) groups is 1. The molecule has 3 fully saturated rings. The normalized spacial score (nSPS) is 23.7. The topological polar surface area (TPSA) is 42.0 Å². The van der Waals surface area contributed by atoms with Crippen molar-refractivity contribution in [2.24, 2.45) is 5.92 Å². The predicted molar refractivity (Wildman–Crippen MR) is 92.6 cm³/mol. The summed E-state index contributed by atoms with van der Waals surface area (Å²) in [5, 5.41) is 0.